The van der Waals surface area contributed by atoms with Gasteiger partial charge in [0.1, 0.15) is 0 Å². The van der Waals surface area contributed by atoms with E-state index in [0.717, 1.165) is 16.7 Å². The molecule has 1 aromatic rings. The molecule has 1 saturated heterocycles. The van der Waals surface area contributed by atoms with Crippen LogP contribution in [0.1, 0.15) is 19.4 Å². The van der Waals surface area contributed by atoms with Gasteiger partial charge in [0.2, 0.25) is 0 Å². The lowest BCUT2D eigenvalue weighted by molar-refractivity contribution is -0.118. The fourth-order valence-electron chi connectivity index (χ4n) is 3.11. The maximum atomic E-state index is 12.6. The third kappa shape index (κ3) is 2.47. The standard InChI is InChI=1S/C18H20O3/c1-3-4-10-20-18-16-14(11-21-18)12(2)17(19)15(16)13-8-6-5-7-9-13/h3-9,12,14,18H,10-11H2,1-2H3/b4-3+/t12-,14-,18+/m0/s1. The Morgan fingerprint density at radius 3 is 2.81 bits per heavy atom. The lowest BCUT2D eigenvalue weighted by Crippen LogP contribution is -2.15. The van der Waals surface area contributed by atoms with E-state index in [0.29, 0.717) is 13.2 Å². The Kier molecular flexibility index (Phi) is 4.04. The number of ketones is 1. The Morgan fingerprint density at radius 1 is 1.33 bits per heavy atom. The van der Waals surface area contributed by atoms with Crippen molar-refractivity contribution in [2.75, 3.05) is 13.2 Å². The van der Waals surface area contributed by atoms with Crippen LogP contribution in [0.4, 0.5) is 0 Å². The maximum Gasteiger partial charge on any atom is 0.181 e. The van der Waals surface area contributed by atoms with Gasteiger partial charge < -0.3 is 9.47 Å². The van der Waals surface area contributed by atoms with Gasteiger partial charge >= 0.3 is 0 Å². The van der Waals surface area contributed by atoms with Gasteiger partial charge in [-0.15, -0.1) is 0 Å². The van der Waals surface area contributed by atoms with Gasteiger partial charge in [0.05, 0.1) is 13.2 Å². The Bertz CT molecular complexity index is 586. The highest BCUT2D eigenvalue weighted by Gasteiger charge is 2.47. The van der Waals surface area contributed by atoms with E-state index in [2.05, 4.69) is 0 Å². The number of fused-ring (bicyclic) bond motifs is 1. The summed E-state index contributed by atoms with van der Waals surface area (Å²) in [6.07, 6.45) is 3.50. The largest absolute Gasteiger partial charge is 0.348 e. The summed E-state index contributed by atoms with van der Waals surface area (Å²) in [4.78, 5) is 12.6. The molecule has 0 radical (unpaired) electrons. The maximum absolute atomic E-state index is 12.6. The van der Waals surface area contributed by atoms with Gasteiger partial charge in [-0.05, 0) is 12.5 Å². The monoisotopic (exact) mass is 284 g/mol. The number of ether oxygens (including phenoxy) is 2. The molecule has 2 aliphatic rings. The van der Waals surface area contributed by atoms with Crippen LogP contribution in [0.5, 0.6) is 0 Å². The topological polar surface area (TPSA) is 35.5 Å². The van der Waals surface area contributed by atoms with E-state index in [-0.39, 0.29) is 17.6 Å². The number of Topliss-reactive ketones (excluding diaryl/α,β-unsaturated/α-hetero) is 1. The number of hydrogen-bond donors (Lipinski definition) is 0. The van der Waals surface area contributed by atoms with E-state index in [4.69, 9.17) is 9.47 Å². The number of carbonyl (C=O) groups is 1. The molecule has 1 fully saturated rings. The lowest BCUT2D eigenvalue weighted by Gasteiger charge is -2.14. The number of hydrogen-bond acceptors (Lipinski definition) is 3. The van der Waals surface area contributed by atoms with Crippen LogP contribution in [0.15, 0.2) is 48.1 Å². The van der Waals surface area contributed by atoms with Crippen molar-refractivity contribution in [2.24, 2.45) is 11.8 Å². The predicted molar refractivity (Wildman–Crippen MR) is 81.5 cm³/mol. The van der Waals surface area contributed by atoms with Gasteiger partial charge in [-0.1, -0.05) is 49.4 Å². The second kappa shape index (κ2) is 5.96. The summed E-state index contributed by atoms with van der Waals surface area (Å²) in [6.45, 7) is 5.01. The fourth-order valence-corrected chi connectivity index (χ4v) is 3.11. The Hall–Kier alpha value is -1.71. The summed E-state index contributed by atoms with van der Waals surface area (Å²) in [7, 11) is 0. The van der Waals surface area contributed by atoms with Crippen molar-refractivity contribution >= 4 is 11.4 Å². The van der Waals surface area contributed by atoms with Crippen LogP contribution < -0.4 is 0 Å². The number of allylic oxidation sites excluding steroid dienone is 2. The van der Waals surface area contributed by atoms with Gasteiger partial charge in [0.25, 0.3) is 0 Å². The van der Waals surface area contributed by atoms with E-state index >= 15 is 0 Å². The van der Waals surface area contributed by atoms with Gasteiger partial charge in [0, 0.05) is 23.0 Å². The van der Waals surface area contributed by atoms with Crippen molar-refractivity contribution in [3.63, 3.8) is 0 Å². The van der Waals surface area contributed by atoms with Crippen LogP contribution in [0.25, 0.3) is 5.57 Å². The summed E-state index contributed by atoms with van der Waals surface area (Å²) < 4.78 is 11.6. The summed E-state index contributed by atoms with van der Waals surface area (Å²) in [5.41, 5.74) is 2.80. The molecule has 3 rings (SSSR count). The average molecular weight is 284 g/mol. The van der Waals surface area contributed by atoms with E-state index in [1.54, 1.807) is 0 Å². The molecule has 3 nitrogen and oxygen atoms in total. The normalized spacial score (nSPS) is 28.7. The summed E-state index contributed by atoms with van der Waals surface area (Å²) in [5.74, 6) is 0.345. The highest BCUT2D eigenvalue weighted by molar-refractivity contribution is 6.25. The van der Waals surface area contributed by atoms with Crippen molar-refractivity contribution in [3.05, 3.63) is 53.6 Å². The fraction of sp³-hybridized carbons (Fsp3) is 0.389. The molecule has 0 spiro atoms. The van der Waals surface area contributed by atoms with E-state index < -0.39 is 6.29 Å². The molecule has 0 unspecified atom stereocenters. The Balaban J connectivity index is 1.97. The second-order valence-electron chi connectivity index (χ2n) is 5.52. The average Bonchev–Trinajstić information content (AvgIpc) is 3.01. The first-order chi connectivity index (χ1) is 10.2. The second-order valence-corrected chi connectivity index (χ2v) is 5.52. The predicted octanol–water partition coefficient (Wildman–Crippen LogP) is 3.22. The first-order valence-corrected chi connectivity index (χ1v) is 7.42. The van der Waals surface area contributed by atoms with Crippen molar-refractivity contribution in [3.8, 4) is 0 Å². The first kappa shape index (κ1) is 14.2. The molecule has 110 valence electrons. The highest BCUT2D eigenvalue weighted by atomic mass is 16.7. The van der Waals surface area contributed by atoms with Crippen LogP contribution >= 0.6 is 0 Å². The zero-order valence-electron chi connectivity index (χ0n) is 12.4. The first-order valence-electron chi connectivity index (χ1n) is 7.42. The molecule has 0 bridgehead atoms. The SMILES string of the molecule is C/C=C/CO[C@@H]1OC[C@@H]2C1=C(c1ccccc1)C(=O)[C@H]2C. The van der Waals surface area contributed by atoms with Crippen LogP contribution in [0.3, 0.4) is 0 Å². The lowest BCUT2D eigenvalue weighted by atomic mass is 9.95. The smallest absolute Gasteiger partial charge is 0.181 e. The highest BCUT2D eigenvalue weighted by Crippen LogP contribution is 2.45. The molecule has 0 N–H and O–H groups in total. The molecular weight excluding hydrogens is 264 g/mol. The van der Waals surface area contributed by atoms with Crippen molar-refractivity contribution in [1.29, 1.82) is 0 Å². The number of benzene rings is 1. The van der Waals surface area contributed by atoms with Crippen LogP contribution in [0.2, 0.25) is 0 Å². The quantitative estimate of drug-likeness (QED) is 0.796. The number of carbonyl (C=O) groups excluding carboxylic acids is 1. The molecule has 1 aliphatic carbocycles. The van der Waals surface area contributed by atoms with Gasteiger partial charge in [-0.2, -0.15) is 0 Å². The minimum absolute atomic E-state index is 0.0227. The molecule has 0 saturated carbocycles. The minimum atomic E-state index is -0.393. The van der Waals surface area contributed by atoms with E-state index in [9.17, 15) is 4.79 Å². The Morgan fingerprint density at radius 2 is 2.10 bits per heavy atom. The zero-order chi connectivity index (χ0) is 14.8. The van der Waals surface area contributed by atoms with E-state index in [1.807, 2.05) is 56.3 Å². The van der Waals surface area contributed by atoms with Gasteiger partial charge in [-0.25, -0.2) is 0 Å². The third-order valence-electron chi connectivity index (χ3n) is 4.27. The van der Waals surface area contributed by atoms with Crippen LogP contribution in [-0.4, -0.2) is 25.3 Å². The number of rotatable bonds is 4. The van der Waals surface area contributed by atoms with Gasteiger partial charge in [-0.3, -0.25) is 4.79 Å². The zero-order valence-corrected chi connectivity index (χ0v) is 12.4. The molecule has 1 aliphatic heterocycles. The van der Waals surface area contributed by atoms with Gasteiger partial charge in [0.15, 0.2) is 12.1 Å². The van der Waals surface area contributed by atoms with Crippen molar-refractivity contribution in [2.45, 2.75) is 20.1 Å². The Labute approximate surface area is 125 Å². The molecule has 1 heterocycles. The summed E-state index contributed by atoms with van der Waals surface area (Å²) >= 11 is 0. The molecule has 0 aromatic heterocycles. The summed E-state index contributed by atoms with van der Waals surface area (Å²) in [5, 5.41) is 0. The molecule has 3 atom stereocenters. The molecule has 3 heteroatoms. The summed E-state index contributed by atoms with van der Waals surface area (Å²) in [6, 6.07) is 9.84. The minimum Gasteiger partial charge on any atom is -0.348 e. The molecule has 0 amide bonds. The molecule has 1 aromatic carbocycles. The van der Waals surface area contributed by atoms with Crippen LogP contribution in [-0.2, 0) is 14.3 Å². The van der Waals surface area contributed by atoms with Crippen LogP contribution in [0, 0.1) is 11.8 Å². The van der Waals surface area contributed by atoms with Crippen molar-refractivity contribution < 1.29 is 14.3 Å². The molecular formula is C18H20O3. The van der Waals surface area contributed by atoms with Crippen molar-refractivity contribution in [1.82, 2.24) is 0 Å². The molecule has 21 heavy (non-hydrogen) atoms. The third-order valence-corrected chi connectivity index (χ3v) is 4.27. The van der Waals surface area contributed by atoms with E-state index in [1.165, 1.54) is 0 Å².